The molecule has 39 heavy (non-hydrogen) atoms. The number of amides is 2. The summed E-state index contributed by atoms with van der Waals surface area (Å²) >= 11 is 1.64. The number of likely N-dealkylation sites (N-methyl/N-ethyl adjacent to an activating group) is 1. The van der Waals surface area contributed by atoms with Crippen molar-refractivity contribution in [1.82, 2.24) is 20.5 Å². The first-order valence-corrected chi connectivity index (χ1v) is 14.5. The summed E-state index contributed by atoms with van der Waals surface area (Å²) in [6, 6.07) is 15.8. The number of aromatic nitrogens is 1. The van der Waals surface area contributed by atoms with E-state index in [0.29, 0.717) is 24.0 Å². The molecule has 0 radical (unpaired) electrons. The van der Waals surface area contributed by atoms with Gasteiger partial charge in [-0.1, -0.05) is 61.7 Å². The van der Waals surface area contributed by atoms with Crippen molar-refractivity contribution >= 4 is 34.6 Å². The Morgan fingerprint density at radius 1 is 0.974 bits per heavy atom. The average molecular weight is 546 g/mol. The topological polar surface area (TPSA) is 94.6 Å². The molecule has 1 aliphatic carbocycles. The van der Waals surface area contributed by atoms with Gasteiger partial charge in [0, 0.05) is 42.7 Å². The monoisotopic (exact) mass is 545 g/mol. The number of nitrogens with one attached hydrogen (secondary N) is 2. The second-order valence-electron chi connectivity index (χ2n) is 10.5. The number of benzene rings is 2. The van der Waals surface area contributed by atoms with Gasteiger partial charge >= 0.3 is 0 Å². The van der Waals surface area contributed by atoms with Crippen LogP contribution in [-0.4, -0.2) is 66.8 Å². The standard InChI is InChI=1S/C30H35N5O3S/c1-34-16-18-35(19-17-34)29-32-26(21-39-29)23-10-12-24(13-11-23)27(37)33-30(14-6-3-7-15-30)28(38)31-25(20-36)22-8-4-2-5-9-22/h2,4-5,8-13,20-21,25H,3,6-7,14-19H2,1H3,(H,31,38)(H,33,37)/t25-/m1/s1. The minimum Gasteiger partial charge on any atom is -0.346 e. The lowest BCUT2D eigenvalue weighted by Crippen LogP contribution is -2.60. The predicted molar refractivity (Wildman–Crippen MR) is 154 cm³/mol. The third-order valence-electron chi connectivity index (χ3n) is 7.78. The number of anilines is 1. The summed E-state index contributed by atoms with van der Waals surface area (Å²) in [6.45, 7) is 3.99. The third-order valence-corrected chi connectivity index (χ3v) is 8.69. The molecule has 2 amide bonds. The van der Waals surface area contributed by atoms with Crippen LogP contribution in [0.1, 0.15) is 54.1 Å². The lowest BCUT2D eigenvalue weighted by atomic mass is 9.80. The number of nitrogens with zero attached hydrogens (tertiary/aromatic N) is 3. The summed E-state index contributed by atoms with van der Waals surface area (Å²) < 4.78 is 0. The molecule has 8 nitrogen and oxygen atoms in total. The summed E-state index contributed by atoms with van der Waals surface area (Å²) in [5.41, 5.74) is 2.00. The van der Waals surface area contributed by atoms with Gasteiger partial charge in [-0.05, 0) is 37.6 Å². The Balaban J connectivity index is 1.27. The van der Waals surface area contributed by atoms with Crippen molar-refractivity contribution in [1.29, 1.82) is 0 Å². The van der Waals surface area contributed by atoms with E-state index in [1.165, 1.54) is 0 Å². The molecule has 0 spiro atoms. The molecule has 1 saturated heterocycles. The molecule has 1 atom stereocenters. The molecule has 2 fully saturated rings. The minimum atomic E-state index is -1.05. The second kappa shape index (κ2) is 12.1. The van der Waals surface area contributed by atoms with Crippen LogP contribution in [-0.2, 0) is 9.59 Å². The van der Waals surface area contributed by atoms with E-state index in [9.17, 15) is 14.4 Å². The molecule has 0 bridgehead atoms. The number of carbonyl (C=O) groups excluding carboxylic acids is 3. The fourth-order valence-corrected chi connectivity index (χ4v) is 6.21. The lowest BCUT2D eigenvalue weighted by Gasteiger charge is -2.37. The van der Waals surface area contributed by atoms with Crippen LogP contribution in [0.4, 0.5) is 5.13 Å². The quantitative estimate of drug-likeness (QED) is 0.415. The van der Waals surface area contributed by atoms with Crippen LogP contribution < -0.4 is 15.5 Å². The van der Waals surface area contributed by atoms with E-state index in [0.717, 1.165) is 68.1 Å². The number of carbonyl (C=O) groups is 3. The van der Waals surface area contributed by atoms with Gasteiger partial charge in [0.05, 0.1) is 5.69 Å². The molecule has 2 aromatic carbocycles. The molecule has 9 heteroatoms. The molecular formula is C30H35N5O3S. The molecule has 2 N–H and O–H groups in total. The molecule has 2 aliphatic rings. The SMILES string of the molecule is CN1CCN(c2nc(-c3ccc(C(=O)NC4(C(=O)N[C@H](C=O)c5ccccc5)CCCCC4)cc3)cs2)CC1. The van der Waals surface area contributed by atoms with Gasteiger partial charge in [-0.15, -0.1) is 11.3 Å². The van der Waals surface area contributed by atoms with Gasteiger partial charge in [-0.25, -0.2) is 4.98 Å². The highest BCUT2D eigenvalue weighted by atomic mass is 32.1. The highest BCUT2D eigenvalue weighted by molar-refractivity contribution is 7.14. The van der Waals surface area contributed by atoms with E-state index >= 15 is 0 Å². The van der Waals surface area contributed by atoms with Gasteiger partial charge in [0.25, 0.3) is 5.91 Å². The number of piperazine rings is 1. The maximum absolute atomic E-state index is 13.5. The average Bonchev–Trinajstić information content (AvgIpc) is 3.47. The number of hydrogen-bond donors (Lipinski definition) is 2. The summed E-state index contributed by atoms with van der Waals surface area (Å²) in [6.07, 6.45) is 4.50. The first-order valence-electron chi connectivity index (χ1n) is 13.6. The molecule has 2 heterocycles. The largest absolute Gasteiger partial charge is 0.346 e. The van der Waals surface area contributed by atoms with Crippen LogP contribution in [0.15, 0.2) is 60.0 Å². The Morgan fingerprint density at radius 2 is 1.67 bits per heavy atom. The van der Waals surface area contributed by atoms with E-state index in [1.807, 2.05) is 42.5 Å². The molecule has 1 aromatic heterocycles. The van der Waals surface area contributed by atoms with Gasteiger partial charge in [0.2, 0.25) is 5.91 Å². The Bertz CT molecular complexity index is 1280. The zero-order chi connectivity index (χ0) is 27.2. The highest BCUT2D eigenvalue weighted by Gasteiger charge is 2.41. The van der Waals surface area contributed by atoms with Crippen LogP contribution >= 0.6 is 11.3 Å². The molecule has 5 rings (SSSR count). The first kappa shape index (κ1) is 27.0. The van der Waals surface area contributed by atoms with E-state index in [2.05, 4.69) is 32.9 Å². The zero-order valence-electron chi connectivity index (χ0n) is 22.3. The summed E-state index contributed by atoms with van der Waals surface area (Å²) in [4.78, 5) is 48.2. The van der Waals surface area contributed by atoms with Crippen LogP contribution in [0.25, 0.3) is 11.3 Å². The smallest absolute Gasteiger partial charge is 0.252 e. The van der Waals surface area contributed by atoms with Crippen LogP contribution in [0.2, 0.25) is 0 Å². The number of aldehydes is 1. The van der Waals surface area contributed by atoms with Crippen molar-refractivity contribution in [2.24, 2.45) is 0 Å². The Hall–Kier alpha value is -3.56. The Labute approximate surface area is 233 Å². The summed E-state index contributed by atoms with van der Waals surface area (Å²) in [5.74, 6) is -0.607. The highest BCUT2D eigenvalue weighted by Crippen LogP contribution is 2.31. The van der Waals surface area contributed by atoms with Gasteiger partial charge < -0.3 is 25.2 Å². The molecule has 204 valence electrons. The summed E-state index contributed by atoms with van der Waals surface area (Å²) in [7, 11) is 2.14. The van der Waals surface area contributed by atoms with Gasteiger partial charge in [-0.3, -0.25) is 9.59 Å². The maximum atomic E-state index is 13.5. The third kappa shape index (κ3) is 6.20. The van der Waals surface area contributed by atoms with Crippen molar-refractivity contribution in [2.75, 3.05) is 38.1 Å². The van der Waals surface area contributed by atoms with Gasteiger partial charge in [0.1, 0.15) is 17.9 Å². The van der Waals surface area contributed by atoms with E-state index in [1.54, 1.807) is 23.5 Å². The lowest BCUT2D eigenvalue weighted by molar-refractivity contribution is -0.131. The van der Waals surface area contributed by atoms with E-state index in [-0.39, 0.29) is 11.8 Å². The van der Waals surface area contributed by atoms with E-state index < -0.39 is 11.6 Å². The zero-order valence-corrected chi connectivity index (χ0v) is 23.1. The van der Waals surface area contributed by atoms with E-state index in [4.69, 9.17) is 4.98 Å². The Kier molecular flexibility index (Phi) is 8.38. The van der Waals surface area contributed by atoms with Crippen molar-refractivity contribution in [2.45, 2.75) is 43.7 Å². The predicted octanol–water partition coefficient (Wildman–Crippen LogP) is 4.05. The minimum absolute atomic E-state index is 0.294. The number of rotatable bonds is 8. The molecule has 1 saturated carbocycles. The summed E-state index contributed by atoms with van der Waals surface area (Å²) in [5, 5.41) is 9.00. The van der Waals surface area contributed by atoms with Crippen molar-refractivity contribution in [3.8, 4) is 11.3 Å². The molecule has 3 aromatic rings. The van der Waals surface area contributed by atoms with Crippen molar-refractivity contribution in [3.63, 3.8) is 0 Å². The molecule has 0 unspecified atom stereocenters. The fraction of sp³-hybridized carbons (Fsp3) is 0.400. The van der Waals surface area contributed by atoms with Gasteiger partial charge in [0.15, 0.2) is 5.13 Å². The maximum Gasteiger partial charge on any atom is 0.252 e. The van der Waals surface area contributed by atoms with Gasteiger partial charge in [-0.2, -0.15) is 0 Å². The first-order chi connectivity index (χ1) is 19.0. The molecular weight excluding hydrogens is 510 g/mol. The van der Waals surface area contributed by atoms with Crippen molar-refractivity contribution in [3.05, 3.63) is 71.1 Å². The second-order valence-corrected chi connectivity index (χ2v) is 11.3. The molecule has 1 aliphatic heterocycles. The van der Waals surface area contributed by atoms with Crippen LogP contribution in [0, 0.1) is 0 Å². The number of thiazole rings is 1. The van der Waals surface area contributed by atoms with Crippen molar-refractivity contribution < 1.29 is 14.4 Å². The number of hydrogen-bond acceptors (Lipinski definition) is 7. The fourth-order valence-electron chi connectivity index (χ4n) is 5.32. The normalized spacial score (nSPS) is 18.2. The Morgan fingerprint density at radius 3 is 2.33 bits per heavy atom. The van der Waals surface area contributed by atoms with Crippen LogP contribution in [0.5, 0.6) is 0 Å². The van der Waals surface area contributed by atoms with Crippen LogP contribution in [0.3, 0.4) is 0 Å².